The van der Waals surface area contributed by atoms with Gasteiger partial charge in [0.15, 0.2) is 17.0 Å². The van der Waals surface area contributed by atoms with Crippen molar-refractivity contribution in [3.8, 4) is 0 Å². The lowest BCUT2D eigenvalue weighted by atomic mass is 9.91. The van der Waals surface area contributed by atoms with Crippen molar-refractivity contribution in [1.29, 1.82) is 0 Å². The zero-order valence-corrected chi connectivity index (χ0v) is 31.2. The second-order valence-corrected chi connectivity index (χ2v) is 13.8. The number of urea groups is 1. The monoisotopic (exact) mass is 767 g/mol. The van der Waals surface area contributed by atoms with Crippen LogP contribution in [0.5, 0.6) is 0 Å². The van der Waals surface area contributed by atoms with Gasteiger partial charge in [0, 0.05) is 44.3 Å². The average Bonchev–Trinajstić information content (AvgIpc) is 4.03. The smallest absolute Gasteiger partial charge is 0.315 e. The number of pyridine rings is 1. The number of amides is 2. The van der Waals surface area contributed by atoms with Gasteiger partial charge in [-0.05, 0) is 43.0 Å². The molecule has 6 N–H and O–H groups in total. The Morgan fingerprint density at radius 3 is 2.38 bits per heavy atom. The highest BCUT2D eigenvalue weighted by atomic mass is 35.5. The van der Waals surface area contributed by atoms with E-state index < -0.39 is 24.3 Å². The van der Waals surface area contributed by atoms with Crippen molar-refractivity contribution >= 4 is 47.7 Å². The van der Waals surface area contributed by atoms with Gasteiger partial charge in [-0.3, -0.25) is 9.99 Å². The number of aromatic nitrogens is 5. The van der Waals surface area contributed by atoms with Gasteiger partial charge in [0.2, 0.25) is 5.95 Å². The maximum absolute atomic E-state index is 12.8. The number of fused-ring (bicyclic) bond motifs is 1. The molecule has 16 nitrogen and oxygen atoms in total. The van der Waals surface area contributed by atoms with Gasteiger partial charge in [-0.1, -0.05) is 66.7 Å². The molecule has 2 aromatic carbocycles. The van der Waals surface area contributed by atoms with E-state index in [9.17, 15) is 15.0 Å². The van der Waals surface area contributed by atoms with Crippen molar-refractivity contribution in [3.05, 3.63) is 108 Å². The first-order valence-electron chi connectivity index (χ1n) is 18.4. The minimum absolute atomic E-state index is 0. The lowest BCUT2D eigenvalue weighted by Crippen LogP contribution is -2.53. The highest BCUT2D eigenvalue weighted by Crippen LogP contribution is 2.37. The van der Waals surface area contributed by atoms with E-state index in [-0.39, 0.29) is 30.4 Å². The third-order valence-corrected chi connectivity index (χ3v) is 10.5. The molecule has 0 spiro atoms. The van der Waals surface area contributed by atoms with Gasteiger partial charge in [0.25, 0.3) is 0 Å². The van der Waals surface area contributed by atoms with Crippen LogP contribution in [0.15, 0.2) is 96.5 Å². The van der Waals surface area contributed by atoms with Gasteiger partial charge in [0.1, 0.15) is 18.5 Å². The van der Waals surface area contributed by atoms with Gasteiger partial charge < -0.3 is 35.6 Å². The van der Waals surface area contributed by atoms with E-state index in [1.165, 1.54) is 0 Å². The average molecular weight is 768 g/mol. The summed E-state index contributed by atoms with van der Waals surface area (Å²) in [4.78, 5) is 34.0. The van der Waals surface area contributed by atoms with Crippen LogP contribution in [0.25, 0.3) is 11.2 Å². The third-order valence-electron chi connectivity index (χ3n) is 10.5. The summed E-state index contributed by atoms with van der Waals surface area (Å²) >= 11 is 0. The van der Waals surface area contributed by atoms with E-state index in [0.29, 0.717) is 68.5 Å². The van der Waals surface area contributed by atoms with Crippen molar-refractivity contribution in [3.63, 3.8) is 0 Å². The molecule has 2 aliphatic heterocycles. The number of hydrazine groups is 2. The fourth-order valence-corrected chi connectivity index (χ4v) is 7.65. The van der Waals surface area contributed by atoms with Crippen LogP contribution in [0.1, 0.15) is 48.5 Å². The van der Waals surface area contributed by atoms with Crippen LogP contribution in [0.3, 0.4) is 0 Å². The summed E-state index contributed by atoms with van der Waals surface area (Å²) in [5, 5.41) is 40.1. The number of anilines is 2. The van der Waals surface area contributed by atoms with Crippen molar-refractivity contribution in [1.82, 2.24) is 50.8 Å². The maximum atomic E-state index is 12.8. The van der Waals surface area contributed by atoms with Gasteiger partial charge in [-0.2, -0.15) is 15.1 Å². The number of aliphatic hydroxyl groups is 2. The first-order chi connectivity index (χ1) is 26.5. The third kappa shape index (κ3) is 7.98. The number of imidazole rings is 1. The van der Waals surface area contributed by atoms with E-state index in [0.717, 1.165) is 16.8 Å². The van der Waals surface area contributed by atoms with E-state index >= 15 is 0 Å². The van der Waals surface area contributed by atoms with Crippen molar-refractivity contribution in [2.45, 2.75) is 62.6 Å². The number of hydrogen-bond donors (Lipinski definition) is 6. The van der Waals surface area contributed by atoms with Crippen LogP contribution in [0, 0.1) is 0 Å². The first kappa shape index (κ1) is 37.8. The fourth-order valence-electron chi connectivity index (χ4n) is 7.65. The molecule has 288 valence electrons. The molecule has 2 fully saturated rings. The number of nitrogens with one attached hydrogen (secondary N) is 4. The SMILES string of the molecule is CCN1C=NNN1[C@H]1C[C@@H](n2cnc3c(NCC(c4ccccc4)c4ccccc4)nc(N4CC[C@@H](NC(=O)NCc5ccccn5)C4)nc32)[C@H](O)[C@@H]1O.Cl. The Kier molecular flexibility index (Phi) is 11.6. The standard InChI is InChI=1S/C38H45N13O3.ClH/c1-2-49-24-43-47-51(49)31-19-30(33(52)34(31)53)50-23-42-32-35(40-21-29(25-11-5-3-6-12-25)26-13-7-4-8-14-26)45-37(46-36(32)50)48-18-16-28(22-48)44-38(54)41-20-27-15-9-10-17-39-27;/h3-15,17,23-24,28-31,33-34,47,52-53H,2,16,18-22H2,1H3,(H,40,45,46)(H2,41,44,54);1H/t28-,30-,31+,33+,34-;/m1./s1. The predicted molar refractivity (Wildman–Crippen MR) is 211 cm³/mol. The number of rotatable bonds is 12. The molecule has 1 saturated heterocycles. The van der Waals surface area contributed by atoms with Crippen molar-refractivity contribution in [2.75, 3.05) is 36.4 Å². The fraction of sp³-hybridized carbons (Fsp3) is 0.368. The van der Waals surface area contributed by atoms with Crippen molar-refractivity contribution in [2.24, 2.45) is 5.10 Å². The van der Waals surface area contributed by atoms with Crippen LogP contribution in [-0.4, -0.2) is 108 Å². The molecule has 8 rings (SSSR count). The highest BCUT2D eigenvalue weighted by molar-refractivity contribution is 5.85. The Labute approximate surface area is 325 Å². The summed E-state index contributed by atoms with van der Waals surface area (Å²) in [6.07, 6.45) is 4.02. The van der Waals surface area contributed by atoms with Crippen molar-refractivity contribution < 1.29 is 15.0 Å². The molecule has 55 heavy (non-hydrogen) atoms. The van der Waals surface area contributed by atoms with Crippen LogP contribution in [0.4, 0.5) is 16.6 Å². The molecule has 5 atom stereocenters. The summed E-state index contributed by atoms with van der Waals surface area (Å²) in [5.41, 5.74) is 7.15. The number of hydrazone groups is 1. The van der Waals surface area contributed by atoms with Gasteiger partial charge in [-0.15, -0.1) is 17.5 Å². The number of hydrogen-bond acceptors (Lipinski definition) is 13. The topological polar surface area (TPSA) is 184 Å². The molecular weight excluding hydrogens is 722 g/mol. The summed E-state index contributed by atoms with van der Waals surface area (Å²) in [6, 6.07) is 24.9. The molecule has 3 aliphatic rings. The first-order valence-corrected chi connectivity index (χ1v) is 18.4. The number of carbonyl (C=O) groups is 1. The number of halogens is 1. The molecule has 2 amide bonds. The Hall–Kier alpha value is -5.55. The minimum Gasteiger partial charge on any atom is -0.389 e. The second-order valence-electron chi connectivity index (χ2n) is 13.8. The maximum Gasteiger partial charge on any atom is 0.315 e. The molecule has 5 aromatic rings. The van der Waals surface area contributed by atoms with Crippen LogP contribution in [-0.2, 0) is 6.54 Å². The Balaban J connectivity index is 0.00000465. The zero-order chi connectivity index (χ0) is 37.0. The quantitative estimate of drug-likeness (QED) is 0.109. The Bertz CT molecular complexity index is 2020. The summed E-state index contributed by atoms with van der Waals surface area (Å²) in [6.45, 7) is 4.63. The molecule has 17 heteroatoms. The van der Waals surface area contributed by atoms with Crippen LogP contribution < -0.4 is 26.4 Å². The largest absolute Gasteiger partial charge is 0.389 e. The van der Waals surface area contributed by atoms with E-state index in [4.69, 9.17) is 15.0 Å². The molecule has 1 aliphatic carbocycles. The number of nitrogens with zero attached hydrogens (tertiary/aromatic N) is 9. The Morgan fingerprint density at radius 2 is 1.67 bits per heavy atom. The molecule has 0 radical (unpaired) electrons. The number of aliphatic hydroxyl groups excluding tert-OH is 2. The Morgan fingerprint density at radius 1 is 0.945 bits per heavy atom. The lowest BCUT2D eigenvalue weighted by Gasteiger charge is -2.32. The second kappa shape index (κ2) is 16.9. The molecular formula is C38H46ClN13O3. The van der Waals surface area contributed by atoms with Gasteiger partial charge >= 0.3 is 6.03 Å². The van der Waals surface area contributed by atoms with Gasteiger partial charge in [0.05, 0.1) is 30.6 Å². The van der Waals surface area contributed by atoms with E-state index in [2.05, 4.69) is 60.7 Å². The summed E-state index contributed by atoms with van der Waals surface area (Å²) in [7, 11) is 0. The zero-order valence-electron chi connectivity index (χ0n) is 30.4. The predicted octanol–water partition coefficient (Wildman–Crippen LogP) is 3.00. The van der Waals surface area contributed by atoms with Crippen LogP contribution in [0.2, 0.25) is 0 Å². The molecule has 0 unspecified atom stereocenters. The van der Waals surface area contributed by atoms with E-state index in [1.807, 2.05) is 71.1 Å². The van der Waals surface area contributed by atoms with Crippen LogP contribution >= 0.6 is 12.4 Å². The molecule has 1 saturated carbocycles. The summed E-state index contributed by atoms with van der Waals surface area (Å²) < 4.78 is 1.86. The van der Waals surface area contributed by atoms with Gasteiger partial charge in [-0.25, -0.2) is 15.3 Å². The lowest BCUT2D eigenvalue weighted by molar-refractivity contribution is -0.0811. The van der Waals surface area contributed by atoms with E-state index in [1.54, 1.807) is 24.0 Å². The minimum atomic E-state index is -1.09. The highest BCUT2D eigenvalue weighted by Gasteiger charge is 2.48. The molecule has 0 bridgehead atoms. The molecule has 3 aromatic heterocycles. The number of carbonyl (C=O) groups excluding carboxylic acids is 1. The summed E-state index contributed by atoms with van der Waals surface area (Å²) in [5.74, 6) is 1.07. The molecule has 5 heterocycles. The normalized spacial score (nSPS) is 22.2. The number of benzene rings is 2.